The first kappa shape index (κ1) is 14.7. The molecule has 0 amide bonds. The smallest absolute Gasteiger partial charge is 0.312 e. The van der Waals surface area contributed by atoms with Crippen molar-refractivity contribution in [3.8, 4) is 5.75 Å². The Morgan fingerprint density at radius 3 is 3.05 bits per heavy atom. The largest absolute Gasteiger partial charge is 0.479 e. The maximum absolute atomic E-state index is 11.0. The molecule has 0 bridgehead atoms. The third-order valence-electron chi connectivity index (χ3n) is 2.39. The summed E-state index contributed by atoms with van der Waals surface area (Å²) in [5.74, 6) is 0.188. The summed E-state index contributed by atoms with van der Waals surface area (Å²) in [4.78, 5) is 10.5. The molecule has 20 heavy (non-hydrogen) atoms. The number of hydrogen-bond acceptors (Lipinski definition) is 7. The molecule has 0 saturated carbocycles. The van der Waals surface area contributed by atoms with Crippen molar-refractivity contribution in [2.45, 2.75) is 13.5 Å². The topological polar surface area (TPSA) is 90.2 Å². The molecule has 0 saturated heterocycles. The van der Waals surface area contributed by atoms with E-state index in [9.17, 15) is 10.1 Å². The fourth-order valence-corrected chi connectivity index (χ4v) is 2.63. The number of ether oxygens (including phenoxy) is 1. The van der Waals surface area contributed by atoms with Crippen LogP contribution in [0.15, 0.2) is 22.7 Å². The summed E-state index contributed by atoms with van der Waals surface area (Å²) in [6, 6.07) is 4.67. The Morgan fingerprint density at radius 1 is 1.55 bits per heavy atom. The molecule has 2 rings (SSSR count). The van der Waals surface area contributed by atoms with E-state index in [1.54, 1.807) is 12.1 Å². The van der Waals surface area contributed by atoms with Gasteiger partial charge in [0.05, 0.1) is 9.40 Å². The molecule has 0 aliphatic carbocycles. The van der Waals surface area contributed by atoms with Crippen LogP contribution < -0.4 is 10.1 Å². The van der Waals surface area contributed by atoms with Gasteiger partial charge in [0.15, 0.2) is 0 Å². The van der Waals surface area contributed by atoms with Crippen LogP contribution in [0.1, 0.15) is 12.6 Å². The number of nitro benzene ring substituents is 1. The SMILES string of the molecule is CCNc1snnc1COc1c(Br)cccc1[N+](=O)[O-]. The lowest BCUT2D eigenvalue weighted by molar-refractivity contribution is -0.386. The van der Waals surface area contributed by atoms with Crippen LogP contribution in [0.3, 0.4) is 0 Å². The average molecular weight is 359 g/mol. The van der Waals surface area contributed by atoms with Crippen LogP contribution in [0, 0.1) is 10.1 Å². The molecule has 1 heterocycles. The van der Waals surface area contributed by atoms with Crippen molar-refractivity contribution >= 4 is 38.2 Å². The van der Waals surface area contributed by atoms with Crippen LogP contribution in [0.4, 0.5) is 10.7 Å². The van der Waals surface area contributed by atoms with E-state index in [4.69, 9.17) is 4.74 Å². The molecule has 0 unspecified atom stereocenters. The van der Waals surface area contributed by atoms with Crippen molar-refractivity contribution in [1.82, 2.24) is 9.59 Å². The highest BCUT2D eigenvalue weighted by atomic mass is 79.9. The molecule has 0 aliphatic rings. The molecule has 0 radical (unpaired) electrons. The minimum Gasteiger partial charge on any atom is -0.479 e. The number of halogens is 1. The van der Waals surface area contributed by atoms with Crippen molar-refractivity contribution in [2.75, 3.05) is 11.9 Å². The van der Waals surface area contributed by atoms with E-state index in [2.05, 4.69) is 30.8 Å². The lowest BCUT2D eigenvalue weighted by atomic mass is 10.3. The van der Waals surface area contributed by atoms with Crippen molar-refractivity contribution in [3.63, 3.8) is 0 Å². The van der Waals surface area contributed by atoms with Crippen LogP contribution in [-0.4, -0.2) is 21.1 Å². The molecule has 0 spiro atoms. The molecule has 7 nitrogen and oxygen atoms in total. The van der Waals surface area contributed by atoms with Gasteiger partial charge in [-0.25, -0.2) is 0 Å². The van der Waals surface area contributed by atoms with E-state index in [1.807, 2.05) is 6.92 Å². The zero-order valence-electron chi connectivity index (χ0n) is 10.5. The normalized spacial score (nSPS) is 10.3. The summed E-state index contributed by atoms with van der Waals surface area (Å²) in [6.45, 7) is 2.82. The van der Waals surface area contributed by atoms with Gasteiger partial charge in [-0.3, -0.25) is 10.1 Å². The van der Waals surface area contributed by atoms with Gasteiger partial charge >= 0.3 is 5.69 Å². The van der Waals surface area contributed by atoms with E-state index in [0.29, 0.717) is 10.2 Å². The quantitative estimate of drug-likeness (QED) is 0.629. The lowest BCUT2D eigenvalue weighted by Gasteiger charge is -2.08. The number of nitrogens with zero attached hydrogens (tertiary/aromatic N) is 3. The number of nitro groups is 1. The average Bonchev–Trinajstić information content (AvgIpc) is 2.85. The monoisotopic (exact) mass is 358 g/mol. The van der Waals surface area contributed by atoms with Crippen LogP contribution in [0.2, 0.25) is 0 Å². The van der Waals surface area contributed by atoms with Gasteiger partial charge in [0.2, 0.25) is 5.75 Å². The fraction of sp³-hybridized carbons (Fsp3) is 0.273. The summed E-state index contributed by atoms with van der Waals surface area (Å²) < 4.78 is 9.90. The third-order valence-corrected chi connectivity index (χ3v) is 3.74. The van der Waals surface area contributed by atoms with Gasteiger partial charge < -0.3 is 10.1 Å². The van der Waals surface area contributed by atoms with E-state index in [-0.39, 0.29) is 18.0 Å². The van der Waals surface area contributed by atoms with Gasteiger partial charge in [0.25, 0.3) is 0 Å². The summed E-state index contributed by atoms with van der Waals surface area (Å²) in [7, 11) is 0. The summed E-state index contributed by atoms with van der Waals surface area (Å²) in [6.07, 6.45) is 0. The van der Waals surface area contributed by atoms with E-state index >= 15 is 0 Å². The Morgan fingerprint density at radius 2 is 2.35 bits per heavy atom. The second-order valence-electron chi connectivity index (χ2n) is 3.71. The first-order chi connectivity index (χ1) is 9.63. The maximum atomic E-state index is 11.0. The molecule has 0 atom stereocenters. The Bertz CT molecular complexity index is 619. The lowest BCUT2D eigenvalue weighted by Crippen LogP contribution is -2.04. The van der Waals surface area contributed by atoms with Crippen molar-refractivity contribution < 1.29 is 9.66 Å². The van der Waals surface area contributed by atoms with E-state index < -0.39 is 4.92 Å². The molecule has 0 fully saturated rings. The van der Waals surface area contributed by atoms with Crippen LogP contribution in [0.25, 0.3) is 0 Å². The highest BCUT2D eigenvalue weighted by molar-refractivity contribution is 9.10. The molecule has 1 aromatic heterocycles. The van der Waals surface area contributed by atoms with Gasteiger partial charge in [-0.15, -0.1) is 5.10 Å². The van der Waals surface area contributed by atoms with Crippen molar-refractivity contribution in [2.24, 2.45) is 0 Å². The minimum atomic E-state index is -0.482. The van der Waals surface area contributed by atoms with E-state index in [0.717, 1.165) is 11.5 Å². The second kappa shape index (κ2) is 6.62. The van der Waals surface area contributed by atoms with Crippen molar-refractivity contribution in [1.29, 1.82) is 0 Å². The van der Waals surface area contributed by atoms with Crippen LogP contribution in [0.5, 0.6) is 5.75 Å². The van der Waals surface area contributed by atoms with E-state index in [1.165, 1.54) is 17.6 Å². The van der Waals surface area contributed by atoms with Gasteiger partial charge in [-0.05, 0) is 28.9 Å². The molecule has 0 aliphatic heterocycles. The number of hydrogen-bond donors (Lipinski definition) is 1. The first-order valence-corrected chi connectivity index (χ1v) is 7.31. The maximum Gasteiger partial charge on any atom is 0.312 e. The number of para-hydroxylation sites is 1. The number of nitrogens with one attached hydrogen (secondary N) is 1. The highest BCUT2D eigenvalue weighted by Gasteiger charge is 2.19. The van der Waals surface area contributed by atoms with Crippen molar-refractivity contribution in [3.05, 3.63) is 38.5 Å². The minimum absolute atomic E-state index is 0.0902. The summed E-state index contributed by atoms with van der Waals surface area (Å²) in [5.41, 5.74) is 0.537. The van der Waals surface area contributed by atoms with Gasteiger partial charge in [0, 0.05) is 24.1 Å². The summed E-state index contributed by atoms with van der Waals surface area (Å²) >= 11 is 4.48. The zero-order valence-corrected chi connectivity index (χ0v) is 12.9. The molecule has 2 aromatic rings. The van der Waals surface area contributed by atoms with Crippen LogP contribution in [-0.2, 0) is 6.61 Å². The zero-order chi connectivity index (χ0) is 14.5. The Labute approximate surface area is 127 Å². The second-order valence-corrected chi connectivity index (χ2v) is 5.32. The fourth-order valence-electron chi connectivity index (χ4n) is 1.52. The van der Waals surface area contributed by atoms with Crippen LogP contribution >= 0.6 is 27.5 Å². The number of aromatic nitrogens is 2. The highest BCUT2D eigenvalue weighted by Crippen LogP contribution is 2.35. The molecular weight excluding hydrogens is 348 g/mol. The Balaban J connectivity index is 2.18. The third kappa shape index (κ3) is 3.23. The predicted octanol–water partition coefficient (Wildman–Crippen LogP) is 3.22. The number of rotatable bonds is 6. The molecule has 9 heteroatoms. The Kier molecular flexibility index (Phi) is 4.85. The Hall–Kier alpha value is -1.74. The number of benzene rings is 1. The first-order valence-electron chi connectivity index (χ1n) is 5.74. The molecule has 106 valence electrons. The van der Waals surface area contributed by atoms with Gasteiger partial charge in [-0.1, -0.05) is 10.6 Å². The van der Waals surface area contributed by atoms with Gasteiger partial charge in [0.1, 0.15) is 17.3 Å². The predicted molar refractivity (Wildman–Crippen MR) is 79.2 cm³/mol. The standard InChI is InChI=1S/C11H11BrN4O3S/c1-2-13-11-8(14-15-20-11)6-19-10-7(12)4-3-5-9(10)16(17)18/h3-5,13H,2,6H2,1H3. The summed E-state index contributed by atoms with van der Waals surface area (Å²) in [5, 5.41) is 18.8. The molecular formula is C11H11BrN4O3S. The molecule has 1 aromatic carbocycles. The molecule has 1 N–H and O–H groups in total. The number of anilines is 1. The van der Waals surface area contributed by atoms with Gasteiger partial charge in [-0.2, -0.15) is 0 Å².